The molecule has 2 heterocycles. The molecule has 3 nitrogen and oxygen atoms in total. The van der Waals surface area contributed by atoms with E-state index >= 15 is 0 Å². The highest BCUT2D eigenvalue weighted by Gasteiger charge is 2.15. The van der Waals surface area contributed by atoms with Gasteiger partial charge in [0.2, 0.25) is 0 Å². The van der Waals surface area contributed by atoms with Gasteiger partial charge in [-0.05, 0) is 19.1 Å². The van der Waals surface area contributed by atoms with Crippen LogP contribution in [0.15, 0.2) is 6.07 Å². The van der Waals surface area contributed by atoms with Gasteiger partial charge in [-0.15, -0.1) is 0 Å². The smallest absolute Gasteiger partial charge is 0.148 e. The number of aryl methyl sites for hydroxylation is 2. The van der Waals surface area contributed by atoms with E-state index in [1.807, 2.05) is 23.5 Å². The van der Waals surface area contributed by atoms with Crippen molar-refractivity contribution in [3.8, 4) is 0 Å². The molecule has 1 saturated heterocycles. The zero-order valence-electron chi connectivity index (χ0n) is 8.08. The van der Waals surface area contributed by atoms with Gasteiger partial charge in [0.15, 0.2) is 0 Å². The van der Waals surface area contributed by atoms with Gasteiger partial charge in [0, 0.05) is 30.6 Å². The fraction of sp³-hybridized carbons (Fsp3) is 0.667. The van der Waals surface area contributed by atoms with Gasteiger partial charge in [-0.2, -0.15) is 16.9 Å². The summed E-state index contributed by atoms with van der Waals surface area (Å²) in [7, 11) is 1.98. The summed E-state index contributed by atoms with van der Waals surface area (Å²) in [5.41, 5.74) is 1.20. The first-order valence-corrected chi connectivity index (χ1v) is 5.76. The summed E-state index contributed by atoms with van der Waals surface area (Å²) in [6, 6.07) is 2.72. The van der Waals surface area contributed by atoms with Crippen molar-refractivity contribution in [3.05, 3.63) is 11.8 Å². The molecule has 1 aromatic rings. The molecule has 0 radical (unpaired) electrons. The molecule has 2 rings (SSSR count). The molecule has 0 aromatic carbocycles. The molecule has 0 amide bonds. The van der Waals surface area contributed by atoms with Crippen LogP contribution < -0.4 is 5.32 Å². The number of rotatable bonds is 2. The van der Waals surface area contributed by atoms with Crippen molar-refractivity contribution in [3.63, 3.8) is 0 Å². The normalized spacial score (nSPS) is 22.2. The highest BCUT2D eigenvalue weighted by Crippen LogP contribution is 2.20. The van der Waals surface area contributed by atoms with E-state index in [4.69, 9.17) is 0 Å². The summed E-state index contributed by atoms with van der Waals surface area (Å²) in [5, 5.41) is 7.82. The Kier molecular flexibility index (Phi) is 2.49. The number of anilines is 1. The first kappa shape index (κ1) is 8.94. The van der Waals surface area contributed by atoms with Crippen LogP contribution in [0.3, 0.4) is 0 Å². The Morgan fingerprint density at radius 3 is 3.08 bits per heavy atom. The molecular weight excluding hydrogens is 182 g/mol. The van der Waals surface area contributed by atoms with Gasteiger partial charge in [-0.3, -0.25) is 4.68 Å². The van der Waals surface area contributed by atoms with Gasteiger partial charge in [0.1, 0.15) is 5.82 Å². The number of hydrogen-bond acceptors (Lipinski definition) is 3. The van der Waals surface area contributed by atoms with Crippen molar-refractivity contribution in [2.24, 2.45) is 7.05 Å². The van der Waals surface area contributed by atoms with E-state index < -0.39 is 0 Å². The van der Waals surface area contributed by atoms with Crippen molar-refractivity contribution < 1.29 is 0 Å². The number of nitrogens with zero attached hydrogens (tertiary/aromatic N) is 2. The Morgan fingerprint density at radius 1 is 1.69 bits per heavy atom. The van der Waals surface area contributed by atoms with Crippen molar-refractivity contribution in [2.75, 3.05) is 16.8 Å². The Bertz CT molecular complexity index is 270. The van der Waals surface area contributed by atoms with Crippen LogP contribution >= 0.6 is 11.8 Å². The fourth-order valence-corrected chi connectivity index (χ4v) is 2.64. The van der Waals surface area contributed by atoms with E-state index in [0.717, 1.165) is 5.82 Å². The van der Waals surface area contributed by atoms with Crippen molar-refractivity contribution in [2.45, 2.75) is 19.4 Å². The third-order valence-electron chi connectivity index (χ3n) is 2.40. The fourth-order valence-electron chi connectivity index (χ4n) is 1.49. The Labute approximate surface area is 82.9 Å². The quantitative estimate of drug-likeness (QED) is 0.781. The second-order valence-corrected chi connectivity index (χ2v) is 4.65. The Morgan fingerprint density at radius 2 is 2.54 bits per heavy atom. The predicted molar refractivity (Wildman–Crippen MR) is 57.3 cm³/mol. The molecule has 0 bridgehead atoms. The van der Waals surface area contributed by atoms with Crippen LogP contribution in [0.2, 0.25) is 0 Å². The lowest BCUT2D eigenvalue weighted by Gasteiger charge is -2.08. The predicted octanol–water partition coefficient (Wildman–Crippen LogP) is 1.65. The molecule has 4 heteroatoms. The molecule has 72 valence electrons. The van der Waals surface area contributed by atoms with Crippen LogP contribution in [0.5, 0.6) is 0 Å². The van der Waals surface area contributed by atoms with E-state index in [9.17, 15) is 0 Å². The largest absolute Gasteiger partial charge is 0.365 e. The second-order valence-electron chi connectivity index (χ2n) is 3.50. The van der Waals surface area contributed by atoms with E-state index in [2.05, 4.69) is 23.4 Å². The summed E-state index contributed by atoms with van der Waals surface area (Å²) in [4.78, 5) is 0. The lowest BCUT2D eigenvalue weighted by atomic mass is 10.2. The molecule has 1 atom stereocenters. The molecule has 0 aliphatic carbocycles. The van der Waals surface area contributed by atoms with E-state index in [1.54, 1.807) is 0 Å². The summed E-state index contributed by atoms with van der Waals surface area (Å²) < 4.78 is 1.91. The number of hydrogen-bond donors (Lipinski definition) is 1. The molecule has 0 spiro atoms. The maximum absolute atomic E-state index is 4.37. The van der Waals surface area contributed by atoms with Gasteiger partial charge in [-0.1, -0.05) is 0 Å². The molecule has 1 aromatic heterocycles. The number of aromatic nitrogens is 2. The Balaban J connectivity index is 2.00. The van der Waals surface area contributed by atoms with Gasteiger partial charge < -0.3 is 5.32 Å². The highest BCUT2D eigenvalue weighted by atomic mass is 32.2. The van der Waals surface area contributed by atoms with E-state index in [-0.39, 0.29) is 0 Å². The average Bonchev–Trinajstić information content (AvgIpc) is 2.64. The van der Waals surface area contributed by atoms with E-state index in [0.29, 0.717) is 6.04 Å². The monoisotopic (exact) mass is 197 g/mol. The lowest BCUT2D eigenvalue weighted by Crippen LogP contribution is -2.18. The SMILES string of the molecule is Cc1cc(NC2CCSC2)nn1C. The standard InChI is InChI=1S/C9H15N3S/c1-7-5-9(11-12(7)2)10-8-3-4-13-6-8/h5,8H,3-4,6H2,1-2H3,(H,10,11). The highest BCUT2D eigenvalue weighted by molar-refractivity contribution is 7.99. The maximum atomic E-state index is 4.37. The van der Waals surface area contributed by atoms with Crippen LogP contribution in [0.4, 0.5) is 5.82 Å². The topological polar surface area (TPSA) is 29.9 Å². The lowest BCUT2D eigenvalue weighted by molar-refractivity contribution is 0.731. The second kappa shape index (κ2) is 3.62. The first-order valence-electron chi connectivity index (χ1n) is 4.60. The summed E-state index contributed by atoms with van der Waals surface area (Å²) in [6.45, 7) is 2.07. The zero-order chi connectivity index (χ0) is 9.26. The van der Waals surface area contributed by atoms with Gasteiger partial charge in [-0.25, -0.2) is 0 Å². The molecule has 1 fully saturated rings. The summed E-state index contributed by atoms with van der Waals surface area (Å²) in [6.07, 6.45) is 1.26. The number of nitrogens with one attached hydrogen (secondary N) is 1. The van der Waals surface area contributed by atoms with E-state index in [1.165, 1.54) is 23.6 Å². The van der Waals surface area contributed by atoms with Crippen LogP contribution in [-0.4, -0.2) is 27.3 Å². The Hall–Kier alpha value is -0.640. The molecule has 1 unspecified atom stereocenters. The molecule has 13 heavy (non-hydrogen) atoms. The third kappa shape index (κ3) is 1.99. The maximum Gasteiger partial charge on any atom is 0.148 e. The summed E-state index contributed by atoms with van der Waals surface area (Å²) in [5.74, 6) is 3.52. The minimum Gasteiger partial charge on any atom is -0.365 e. The van der Waals surface area contributed by atoms with Crippen LogP contribution in [-0.2, 0) is 7.05 Å². The van der Waals surface area contributed by atoms with Gasteiger partial charge in [0.05, 0.1) is 0 Å². The number of thioether (sulfide) groups is 1. The van der Waals surface area contributed by atoms with Gasteiger partial charge in [0.25, 0.3) is 0 Å². The molecule has 1 N–H and O–H groups in total. The molecule has 0 saturated carbocycles. The van der Waals surface area contributed by atoms with Crippen molar-refractivity contribution >= 4 is 17.6 Å². The van der Waals surface area contributed by atoms with Crippen LogP contribution in [0.1, 0.15) is 12.1 Å². The van der Waals surface area contributed by atoms with Crippen LogP contribution in [0.25, 0.3) is 0 Å². The van der Waals surface area contributed by atoms with Crippen molar-refractivity contribution in [1.82, 2.24) is 9.78 Å². The zero-order valence-corrected chi connectivity index (χ0v) is 8.90. The third-order valence-corrected chi connectivity index (χ3v) is 3.56. The minimum atomic E-state index is 0.624. The van der Waals surface area contributed by atoms with Gasteiger partial charge >= 0.3 is 0 Å². The molecule has 1 aliphatic heterocycles. The minimum absolute atomic E-state index is 0.624. The molecule has 1 aliphatic rings. The van der Waals surface area contributed by atoms with Crippen molar-refractivity contribution in [1.29, 1.82) is 0 Å². The summed E-state index contributed by atoms with van der Waals surface area (Å²) >= 11 is 2.02. The average molecular weight is 197 g/mol. The van der Waals surface area contributed by atoms with Crippen LogP contribution in [0, 0.1) is 6.92 Å². The molecular formula is C9H15N3S. The first-order chi connectivity index (χ1) is 6.25.